The Kier molecular flexibility index (Phi) is 6.82. The van der Waals surface area contributed by atoms with E-state index in [9.17, 15) is 26.7 Å². The summed E-state index contributed by atoms with van der Waals surface area (Å²) in [6.45, 7) is 6.27. The highest BCUT2D eigenvalue weighted by molar-refractivity contribution is 8.06. The fourth-order valence-corrected chi connectivity index (χ4v) is 6.67. The predicted octanol–water partition coefficient (Wildman–Crippen LogP) is 1.000. The van der Waals surface area contributed by atoms with E-state index in [-0.39, 0.29) is 23.0 Å². The monoisotopic (exact) mass is 385 g/mol. The largest absolute Gasteiger partial charge is 0.513 e. The maximum absolute atomic E-state index is 12.1. The van der Waals surface area contributed by atoms with Crippen molar-refractivity contribution in [3.8, 4) is 0 Å². The van der Waals surface area contributed by atoms with E-state index < -0.39 is 37.1 Å². The highest BCUT2D eigenvalue weighted by Crippen LogP contribution is 2.29. The van der Waals surface area contributed by atoms with Gasteiger partial charge in [-0.1, -0.05) is 13.8 Å². The molecule has 0 saturated carbocycles. The third-order valence-corrected chi connectivity index (χ3v) is 8.07. The van der Waals surface area contributed by atoms with Crippen molar-refractivity contribution >= 4 is 26.0 Å². The van der Waals surface area contributed by atoms with Crippen LogP contribution >= 0.6 is 0 Å². The van der Waals surface area contributed by atoms with Crippen LogP contribution in [0.15, 0.2) is 0 Å². The van der Waals surface area contributed by atoms with Crippen molar-refractivity contribution in [2.45, 2.75) is 52.1 Å². The average molecular weight is 386 g/mol. The summed E-state index contributed by atoms with van der Waals surface area (Å²) in [6, 6.07) is -0.718. The molecule has 1 aliphatic rings. The highest BCUT2D eigenvalue weighted by Gasteiger charge is 2.48. The molecule has 2 N–H and O–H groups in total. The normalized spacial score (nSPS) is 26.6. The summed E-state index contributed by atoms with van der Waals surface area (Å²) in [5.74, 6) is 0.141. The minimum absolute atomic E-state index is 0.100. The van der Waals surface area contributed by atoms with Gasteiger partial charge in [-0.15, -0.1) is 0 Å². The number of sulfonamides is 1. The molecule has 0 aliphatic carbocycles. The number of hydrogen-bond acceptors (Lipinski definition) is 5. The van der Waals surface area contributed by atoms with Gasteiger partial charge in [0.25, 0.3) is 0 Å². The number of nitrogens with zero attached hydrogens (tertiary/aromatic N) is 1. The molecule has 0 radical (unpaired) electrons. The van der Waals surface area contributed by atoms with Gasteiger partial charge in [0.1, 0.15) is 6.54 Å². The second kappa shape index (κ2) is 7.67. The maximum Gasteiger partial charge on any atom is 0.513 e. The molecule has 1 aliphatic heterocycles. The van der Waals surface area contributed by atoms with Gasteiger partial charge in [-0.25, -0.2) is 26.0 Å². The van der Waals surface area contributed by atoms with E-state index in [0.717, 1.165) is 19.1 Å². The van der Waals surface area contributed by atoms with E-state index in [1.165, 1.54) is 0 Å². The van der Waals surface area contributed by atoms with Crippen LogP contribution in [0.3, 0.4) is 0 Å². The third-order valence-electron chi connectivity index (χ3n) is 4.42. The molecule has 1 fully saturated rings. The van der Waals surface area contributed by atoms with Gasteiger partial charge in [0, 0.05) is 19.1 Å². The van der Waals surface area contributed by atoms with Gasteiger partial charge < -0.3 is 5.11 Å². The topological polar surface area (TPSA) is 118 Å². The Morgan fingerprint density at radius 3 is 2.25 bits per heavy atom. The van der Waals surface area contributed by atoms with Gasteiger partial charge in [0.05, 0.1) is 18.6 Å². The summed E-state index contributed by atoms with van der Waals surface area (Å²) in [5.41, 5.74) is 0. The average Bonchev–Trinajstić information content (AvgIpc) is 2.66. The summed E-state index contributed by atoms with van der Waals surface area (Å²) in [5, 5.41) is 8.71. The number of quaternary nitrogens is 1. The molecule has 0 aromatic rings. The Balaban J connectivity index is 3.03. The third kappa shape index (κ3) is 5.98. The molecular formula is C14H29N2O6S2+. The van der Waals surface area contributed by atoms with Crippen LogP contribution in [0, 0.1) is 5.92 Å². The van der Waals surface area contributed by atoms with Gasteiger partial charge >= 0.3 is 6.09 Å². The first-order valence-corrected chi connectivity index (χ1v) is 11.8. The zero-order valence-electron chi connectivity index (χ0n) is 14.7. The molecular weight excluding hydrogens is 356 g/mol. The van der Waals surface area contributed by atoms with Gasteiger partial charge in [-0.05, 0) is 19.3 Å². The molecule has 1 heterocycles. The lowest BCUT2D eigenvalue weighted by Crippen LogP contribution is -2.60. The van der Waals surface area contributed by atoms with Crippen LogP contribution in [-0.2, 0) is 19.9 Å². The SMILES string of the molecule is CC(C)C[C@@H](C[N+]1(C(=O)O)CCC[C@H]1C)NS(=O)(=O)CS(C)(=O)=O. The second-order valence-corrected chi connectivity index (χ2v) is 11.6. The van der Waals surface area contributed by atoms with Crippen LogP contribution in [0.1, 0.15) is 40.0 Å². The number of likely N-dealkylation sites (tertiary alicyclic amines) is 1. The Bertz CT molecular complexity index is 659. The molecule has 1 rings (SSSR count). The summed E-state index contributed by atoms with van der Waals surface area (Å²) >= 11 is 0. The summed E-state index contributed by atoms with van der Waals surface area (Å²) in [6.07, 6.45) is 1.89. The van der Waals surface area contributed by atoms with Crippen molar-refractivity contribution in [1.82, 2.24) is 4.72 Å². The Labute approximate surface area is 144 Å². The molecule has 8 nitrogen and oxygen atoms in total. The fraction of sp³-hybridized carbons (Fsp3) is 0.929. The highest BCUT2D eigenvalue weighted by atomic mass is 32.3. The fourth-order valence-electron chi connectivity index (χ4n) is 3.46. The molecule has 0 aromatic heterocycles. The van der Waals surface area contributed by atoms with Gasteiger partial charge in [0.2, 0.25) is 10.0 Å². The molecule has 1 unspecified atom stereocenters. The minimum atomic E-state index is -4.04. The number of carbonyl (C=O) groups is 1. The lowest BCUT2D eigenvalue weighted by atomic mass is 10.0. The van der Waals surface area contributed by atoms with Crippen LogP contribution in [0.4, 0.5) is 4.79 Å². The number of amides is 1. The van der Waals surface area contributed by atoms with Crippen LogP contribution in [0.2, 0.25) is 0 Å². The van der Waals surface area contributed by atoms with E-state index in [1.807, 2.05) is 20.8 Å². The zero-order valence-corrected chi connectivity index (χ0v) is 16.4. The van der Waals surface area contributed by atoms with Crippen molar-refractivity contribution in [2.24, 2.45) is 5.92 Å². The van der Waals surface area contributed by atoms with E-state index >= 15 is 0 Å². The quantitative estimate of drug-likeness (QED) is 0.602. The molecule has 10 heteroatoms. The first kappa shape index (κ1) is 21.3. The molecule has 0 aromatic carbocycles. The van der Waals surface area contributed by atoms with E-state index in [4.69, 9.17) is 0 Å². The first-order chi connectivity index (χ1) is 10.8. The van der Waals surface area contributed by atoms with Gasteiger partial charge in [-0.2, -0.15) is 4.79 Å². The first-order valence-electron chi connectivity index (χ1n) is 8.05. The van der Waals surface area contributed by atoms with Gasteiger partial charge in [0.15, 0.2) is 14.9 Å². The number of hydrogen-bond donors (Lipinski definition) is 2. The van der Waals surface area contributed by atoms with Gasteiger partial charge in [-0.3, -0.25) is 0 Å². The van der Waals surface area contributed by atoms with Crippen molar-refractivity contribution in [3.63, 3.8) is 0 Å². The van der Waals surface area contributed by atoms with E-state index in [2.05, 4.69) is 4.72 Å². The molecule has 142 valence electrons. The standard InChI is InChI=1S/C14H28N2O6S2/c1-11(2)8-13(15-24(21,22)10-23(4,19)20)9-16(14(17)18)7-5-6-12(16)3/h11-13,15H,5-10H2,1-4H3/p+1/t12-,13+,16?/m1/s1. The second-order valence-electron chi connectivity index (χ2n) is 7.32. The Morgan fingerprint density at radius 1 is 1.29 bits per heavy atom. The smallest absolute Gasteiger partial charge is 0.435 e. The Morgan fingerprint density at radius 2 is 1.88 bits per heavy atom. The molecule has 0 spiro atoms. The van der Waals surface area contributed by atoms with Crippen LogP contribution in [-0.4, -0.2) is 69.0 Å². The molecule has 1 saturated heterocycles. The molecule has 24 heavy (non-hydrogen) atoms. The molecule has 3 atom stereocenters. The Hall–Kier alpha value is -0.710. The maximum atomic E-state index is 12.1. The zero-order chi connectivity index (χ0) is 18.8. The van der Waals surface area contributed by atoms with Crippen molar-refractivity contribution in [1.29, 1.82) is 0 Å². The summed E-state index contributed by atoms with van der Waals surface area (Å²) < 4.78 is 49.1. The summed E-state index contributed by atoms with van der Waals surface area (Å²) in [7, 11) is -7.73. The van der Waals surface area contributed by atoms with Crippen LogP contribution in [0.5, 0.6) is 0 Å². The lowest BCUT2D eigenvalue weighted by Gasteiger charge is -2.36. The molecule has 1 amide bonds. The molecule has 0 bridgehead atoms. The predicted molar refractivity (Wildman–Crippen MR) is 91.7 cm³/mol. The number of sulfone groups is 1. The minimum Gasteiger partial charge on any atom is -0.435 e. The van der Waals surface area contributed by atoms with Crippen LogP contribution < -0.4 is 4.72 Å². The van der Waals surface area contributed by atoms with Crippen LogP contribution in [0.25, 0.3) is 0 Å². The number of rotatable bonds is 8. The van der Waals surface area contributed by atoms with E-state index in [0.29, 0.717) is 13.0 Å². The number of carboxylic acid groups (broad SMARTS) is 1. The van der Waals surface area contributed by atoms with E-state index in [1.54, 1.807) is 0 Å². The van der Waals surface area contributed by atoms with Crippen molar-refractivity contribution in [2.75, 3.05) is 24.4 Å². The number of nitrogens with one attached hydrogen (secondary N) is 1. The van der Waals surface area contributed by atoms with Crippen molar-refractivity contribution in [3.05, 3.63) is 0 Å². The van der Waals surface area contributed by atoms with Crippen molar-refractivity contribution < 1.29 is 31.2 Å². The summed E-state index contributed by atoms with van der Waals surface area (Å²) in [4.78, 5) is 11.8. The lowest BCUT2D eigenvalue weighted by molar-refractivity contribution is -0.868.